The summed E-state index contributed by atoms with van der Waals surface area (Å²) in [6.45, 7) is 3.74. The van der Waals surface area contributed by atoms with E-state index < -0.39 is 11.6 Å². The van der Waals surface area contributed by atoms with E-state index in [4.69, 9.17) is 4.52 Å². The highest BCUT2D eigenvalue weighted by molar-refractivity contribution is 5.91. The Morgan fingerprint density at radius 1 is 1.37 bits per heavy atom. The van der Waals surface area contributed by atoms with E-state index in [2.05, 4.69) is 10.5 Å². The molecule has 0 aliphatic carbocycles. The molecule has 7 nitrogen and oxygen atoms in total. The second-order valence-corrected chi connectivity index (χ2v) is 7.09. The van der Waals surface area contributed by atoms with Crippen molar-refractivity contribution in [2.75, 3.05) is 13.1 Å². The Morgan fingerprint density at radius 3 is 2.78 bits per heavy atom. The number of hydrogen-bond donors (Lipinski definition) is 2. The second-order valence-electron chi connectivity index (χ2n) is 7.09. The van der Waals surface area contributed by atoms with Crippen molar-refractivity contribution >= 4 is 11.8 Å². The number of likely N-dealkylation sites (tertiary alicyclic amines) is 1. The number of rotatable bonds is 6. The number of aliphatic hydroxyl groups excluding tert-OH is 1. The summed E-state index contributed by atoms with van der Waals surface area (Å²) in [6, 6.07) is 11.4. The van der Waals surface area contributed by atoms with Crippen LogP contribution in [0.5, 0.6) is 0 Å². The van der Waals surface area contributed by atoms with Crippen LogP contribution in [0.3, 0.4) is 0 Å². The Bertz CT molecular complexity index is 803. The first kappa shape index (κ1) is 19.1. The molecular formula is C20H25N3O4. The Hall–Kier alpha value is -2.67. The van der Waals surface area contributed by atoms with Gasteiger partial charge < -0.3 is 19.8 Å². The molecule has 7 heteroatoms. The van der Waals surface area contributed by atoms with Gasteiger partial charge in [0.05, 0.1) is 6.10 Å². The predicted molar refractivity (Wildman–Crippen MR) is 99.7 cm³/mol. The third-order valence-electron chi connectivity index (χ3n) is 4.94. The number of benzene rings is 1. The van der Waals surface area contributed by atoms with Crippen LogP contribution in [0.4, 0.5) is 0 Å². The van der Waals surface area contributed by atoms with Crippen molar-refractivity contribution in [3.8, 4) is 11.3 Å². The number of nitrogens with zero attached hydrogens (tertiary/aromatic N) is 2. The Morgan fingerprint density at radius 2 is 2.11 bits per heavy atom. The van der Waals surface area contributed by atoms with E-state index in [9.17, 15) is 14.7 Å². The summed E-state index contributed by atoms with van der Waals surface area (Å²) in [5.41, 5.74) is 0.598. The van der Waals surface area contributed by atoms with Gasteiger partial charge in [0.15, 0.2) is 0 Å². The van der Waals surface area contributed by atoms with E-state index >= 15 is 0 Å². The molecule has 27 heavy (non-hydrogen) atoms. The van der Waals surface area contributed by atoms with Crippen LogP contribution >= 0.6 is 0 Å². The van der Waals surface area contributed by atoms with Gasteiger partial charge in [-0.05, 0) is 19.8 Å². The average Bonchev–Trinajstić information content (AvgIpc) is 3.28. The highest BCUT2D eigenvalue weighted by atomic mass is 16.5. The fourth-order valence-electron chi connectivity index (χ4n) is 3.67. The SMILES string of the molecule is CC(=O)N1CCC[C@]1(Cc1cc(-c2ccccc2)no1)C(=O)NC[C@H](C)O. The molecule has 0 radical (unpaired) electrons. The van der Waals surface area contributed by atoms with Gasteiger partial charge >= 0.3 is 0 Å². The van der Waals surface area contributed by atoms with Crippen LogP contribution in [0.25, 0.3) is 11.3 Å². The van der Waals surface area contributed by atoms with Crippen molar-refractivity contribution in [1.82, 2.24) is 15.4 Å². The molecule has 2 N–H and O–H groups in total. The molecule has 3 rings (SSSR count). The fourth-order valence-corrected chi connectivity index (χ4v) is 3.67. The van der Waals surface area contributed by atoms with Crippen LogP contribution < -0.4 is 5.32 Å². The van der Waals surface area contributed by atoms with Crippen molar-refractivity contribution in [3.05, 3.63) is 42.2 Å². The lowest BCUT2D eigenvalue weighted by Crippen LogP contribution is -2.59. The highest BCUT2D eigenvalue weighted by Crippen LogP contribution is 2.34. The van der Waals surface area contributed by atoms with Crippen LogP contribution in [0, 0.1) is 0 Å². The summed E-state index contributed by atoms with van der Waals surface area (Å²) >= 11 is 0. The largest absolute Gasteiger partial charge is 0.392 e. The fraction of sp³-hybridized carbons (Fsp3) is 0.450. The molecule has 1 aromatic heterocycles. The molecule has 0 spiro atoms. The van der Waals surface area contributed by atoms with E-state index in [1.54, 1.807) is 11.8 Å². The number of aliphatic hydroxyl groups is 1. The van der Waals surface area contributed by atoms with E-state index in [0.717, 1.165) is 12.0 Å². The molecule has 2 amide bonds. The van der Waals surface area contributed by atoms with Crippen molar-refractivity contribution in [1.29, 1.82) is 0 Å². The number of aromatic nitrogens is 1. The Labute approximate surface area is 158 Å². The minimum absolute atomic E-state index is 0.137. The van der Waals surface area contributed by atoms with E-state index in [-0.39, 0.29) is 24.8 Å². The van der Waals surface area contributed by atoms with Crippen LogP contribution in [-0.2, 0) is 16.0 Å². The zero-order valence-electron chi connectivity index (χ0n) is 15.6. The summed E-state index contributed by atoms with van der Waals surface area (Å²) in [5, 5.41) is 16.4. The molecule has 1 saturated heterocycles. The summed E-state index contributed by atoms with van der Waals surface area (Å²) in [7, 11) is 0. The standard InChI is InChI=1S/C20H25N3O4/c1-14(24)13-21-19(26)20(9-6-10-23(20)15(2)25)12-17-11-18(22-27-17)16-7-4-3-5-8-16/h3-5,7-8,11,14,24H,6,9-10,12-13H2,1-2H3,(H,21,26)/t14-,20-/m0/s1. The van der Waals surface area contributed by atoms with Gasteiger partial charge in [-0.15, -0.1) is 0 Å². The lowest BCUT2D eigenvalue weighted by Gasteiger charge is -2.36. The zero-order valence-corrected chi connectivity index (χ0v) is 15.6. The first-order valence-electron chi connectivity index (χ1n) is 9.18. The third kappa shape index (κ3) is 4.03. The minimum atomic E-state index is -1.02. The van der Waals surface area contributed by atoms with E-state index in [1.807, 2.05) is 36.4 Å². The molecular weight excluding hydrogens is 346 g/mol. The summed E-state index contributed by atoms with van der Waals surface area (Å²) in [4.78, 5) is 26.8. The molecule has 0 saturated carbocycles. The Kier molecular flexibility index (Phi) is 5.60. The normalized spacial score (nSPS) is 20.5. The molecule has 0 bridgehead atoms. The third-order valence-corrected chi connectivity index (χ3v) is 4.94. The zero-order chi connectivity index (χ0) is 19.4. The lowest BCUT2D eigenvalue weighted by atomic mass is 9.89. The molecule has 2 aromatic rings. The van der Waals surface area contributed by atoms with Gasteiger partial charge in [-0.2, -0.15) is 0 Å². The van der Waals surface area contributed by atoms with Gasteiger partial charge in [0.2, 0.25) is 11.8 Å². The maximum atomic E-state index is 13.0. The molecule has 2 atom stereocenters. The number of hydrogen-bond acceptors (Lipinski definition) is 5. The molecule has 1 aliphatic rings. The number of amides is 2. The minimum Gasteiger partial charge on any atom is -0.392 e. The van der Waals surface area contributed by atoms with Crippen LogP contribution in [0.1, 0.15) is 32.4 Å². The average molecular weight is 371 g/mol. The predicted octanol–water partition coefficient (Wildman–Crippen LogP) is 1.76. The van der Waals surface area contributed by atoms with E-state index in [0.29, 0.717) is 24.4 Å². The van der Waals surface area contributed by atoms with Crippen molar-refractivity contribution < 1.29 is 19.2 Å². The monoisotopic (exact) mass is 371 g/mol. The van der Waals surface area contributed by atoms with Crippen LogP contribution in [0.2, 0.25) is 0 Å². The first-order chi connectivity index (χ1) is 12.9. The van der Waals surface area contributed by atoms with Gasteiger partial charge in [0.25, 0.3) is 0 Å². The molecule has 1 aliphatic heterocycles. The van der Waals surface area contributed by atoms with E-state index in [1.165, 1.54) is 6.92 Å². The summed E-state index contributed by atoms with van der Waals surface area (Å²) < 4.78 is 5.49. The van der Waals surface area contributed by atoms with Crippen LogP contribution in [-0.4, -0.2) is 51.7 Å². The lowest BCUT2D eigenvalue weighted by molar-refractivity contribution is -0.144. The first-order valence-corrected chi connectivity index (χ1v) is 9.18. The maximum absolute atomic E-state index is 13.0. The molecule has 1 aromatic carbocycles. The smallest absolute Gasteiger partial charge is 0.246 e. The number of carbonyl (C=O) groups is 2. The van der Waals surface area contributed by atoms with Crippen molar-refractivity contribution in [2.24, 2.45) is 0 Å². The van der Waals surface area contributed by atoms with Gasteiger partial charge in [-0.3, -0.25) is 9.59 Å². The van der Waals surface area contributed by atoms with Gasteiger partial charge in [-0.1, -0.05) is 35.5 Å². The number of nitrogens with one attached hydrogen (secondary N) is 1. The summed E-state index contributed by atoms with van der Waals surface area (Å²) in [6.07, 6.45) is 0.868. The molecule has 144 valence electrons. The van der Waals surface area contributed by atoms with Crippen molar-refractivity contribution in [3.63, 3.8) is 0 Å². The quantitative estimate of drug-likeness (QED) is 0.807. The highest BCUT2D eigenvalue weighted by Gasteiger charge is 2.49. The van der Waals surface area contributed by atoms with Gasteiger partial charge in [0, 0.05) is 38.1 Å². The van der Waals surface area contributed by atoms with Crippen LogP contribution in [0.15, 0.2) is 40.9 Å². The molecule has 2 heterocycles. The summed E-state index contributed by atoms with van der Waals surface area (Å²) in [5.74, 6) is 0.130. The molecule has 1 fully saturated rings. The molecule has 0 unspecified atom stereocenters. The maximum Gasteiger partial charge on any atom is 0.246 e. The topological polar surface area (TPSA) is 95.7 Å². The number of carbonyl (C=O) groups excluding carboxylic acids is 2. The Balaban J connectivity index is 1.87. The van der Waals surface area contributed by atoms with Crippen molar-refractivity contribution in [2.45, 2.75) is 44.8 Å². The second kappa shape index (κ2) is 7.92. The van der Waals surface area contributed by atoms with Gasteiger partial charge in [-0.25, -0.2) is 0 Å². The van der Waals surface area contributed by atoms with Gasteiger partial charge in [0.1, 0.15) is 17.0 Å².